The van der Waals surface area contributed by atoms with Gasteiger partial charge in [0.2, 0.25) is 0 Å². The first-order valence-electron chi connectivity index (χ1n) is 5.08. The van der Waals surface area contributed by atoms with Crippen LogP contribution in [0.25, 0.3) is 0 Å². The smallest absolute Gasteiger partial charge is 0.103 e. The van der Waals surface area contributed by atoms with Gasteiger partial charge in [0.15, 0.2) is 0 Å². The lowest BCUT2D eigenvalue weighted by atomic mass is 10.2. The van der Waals surface area contributed by atoms with E-state index in [1.54, 1.807) is 7.11 Å². The van der Waals surface area contributed by atoms with Crippen molar-refractivity contribution in [3.8, 4) is 0 Å². The maximum absolute atomic E-state index is 5.14. The molecule has 0 saturated heterocycles. The van der Waals surface area contributed by atoms with Crippen molar-refractivity contribution >= 4 is 0 Å². The normalized spacial score (nSPS) is 11.7. The summed E-state index contributed by atoms with van der Waals surface area (Å²) >= 11 is 0. The van der Waals surface area contributed by atoms with Crippen LogP contribution >= 0.6 is 0 Å². The first-order valence-corrected chi connectivity index (χ1v) is 5.08. The van der Waals surface area contributed by atoms with Gasteiger partial charge in [0.05, 0.1) is 26.2 Å². The van der Waals surface area contributed by atoms with E-state index in [9.17, 15) is 0 Å². The van der Waals surface area contributed by atoms with Crippen LogP contribution in [0, 0.1) is 0 Å². The summed E-state index contributed by atoms with van der Waals surface area (Å²) in [6.07, 6.45) is 0. The minimum atomic E-state index is 0.842. The SMILES string of the molecule is C=C(C)C[N+](CC)(CC)CCOC. The van der Waals surface area contributed by atoms with Crippen molar-refractivity contribution in [2.45, 2.75) is 20.8 Å². The average molecular weight is 186 g/mol. The summed E-state index contributed by atoms with van der Waals surface area (Å²) in [7, 11) is 1.76. The summed E-state index contributed by atoms with van der Waals surface area (Å²) in [5, 5.41) is 0. The van der Waals surface area contributed by atoms with Crippen molar-refractivity contribution in [2.75, 3.05) is 39.9 Å². The molecule has 0 rings (SSSR count). The van der Waals surface area contributed by atoms with Crippen LogP contribution in [-0.4, -0.2) is 44.4 Å². The van der Waals surface area contributed by atoms with Gasteiger partial charge in [-0.1, -0.05) is 6.58 Å². The van der Waals surface area contributed by atoms with E-state index in [0.29, 0.717) is 0 Å². The monoisotopic (exact) mass is 186 g/mol. The molecule has 0 aliphatic carbocycles. The molecule has 0 saturated carbocycles. The van der Waals surface area contributed by atoms with Gasteiger partial charge in [-0.3, -0.25) is 0 Å². The maximum Gasteiger partial charge on any atom is 0.103 e. The molecule has 78 valence electrons. The fourth-order valence-corrected chi connectivity index (χ4v) is 1.70. The predicted octanol–water partition coefficient (Wildman–Crippen LogP) is 2.07. The van der Waals surface area contributed by atoms with E-state index < -0.39 is 0 Å². The van der Waals surface area contributed by atoms with Gasteiger partial charge in [-0.2, -0.15) is 0 Å². The molecule has 0 aromatic carbocycles. The summed E-state index contributed by atoms with van der Waals surface area (Å²) in [5.74, 6) is 0. The zero-order valence-corrected chi connectivity index (χ0v) is 9.60. The third-order valence-electron chi connectivity index (χ3n) is 2.72. The number of hydrogen-bond acceptors (Lipinski definition) is 1. The van der Waals surface area contributed by atoms with Crippen LogP contribution in [0.3, 0.4) is 0 Å². The molecule has 0 atom stereocenters. The summed E-state index contributed by atoms with van der Waals surface area (Å²) in [4.78, 5) is 0. The Balaban J connectivity index is 4.21. The first kappa shape index (κ1) is 12.7. The van der Waals surface area contributed by atoms with Crippen LogP contribution in [-0.2, 0) is 4.74 Å². The molecule has 2 nitrogen and oxygen atoms in total. The molecule has 0 heterocycles. The van der Waals surface area contributed by atoms with Gasteiger partial charge in [-0.25, -0.2) is 0 Å². The Morgan fingerprint density at radius 1 is 1.31 bits per heavy atom. The minimum Gasteiger partial charge on any atom is -0.379 e. The van der Waals surface area contributed by atoms with Gasteiger partial charge in [-0.05, 0) is 26.3 Å². The van der Waals surface area contributed by atoms with Gasteiger partial charge in [0.25, 0.3) is 0 Å². The van der Waals surface area contributed by atoms with Crippen LogP contribution < -0.4 is 0 Å². The van der Waals surface area contributed by atoms with Crippen molar-refractivity contribution in [3.63, 3.8) is 0 Å². The van der Waals surface area contributed by atoms with Gasteiger partial charge < -0.3 is 9.22 Å². The molecule has 0 amide bonds. The molecule has 0 N–H and O–H groups in total. The quantitative estimate of drug-likeness (QED) is 0.437. The number of quaternary nitrogens is 1. The second-order valence-electron chi connectivity index (χ2n) is 3.81. The van der Waals surface area contributed by atoms with Gasteiger partial charge in [0.1, 0.15) is 6.54 Å². The van der Waals surface area contributed by atoms with Gasteiger partial charge in [-0.15, -0.1) is 0 Å². The van der Waals surface area contributed by atoms with E-state index >= 15 is 0 Å². The predicted molar refractivity (Wildman–Crippen MR) is 57.8 cm³/mol. The van der Waals surface area contributed by atoms with E-state index in [1.807, 2.05) is 0 Å². The number of nitrogens with zero attached hydrogens (tertiary/aromatic N) is 1. The molecule has 0 aliphatic heterocycles. The zero-order chi connectivity index (χ0) is 10.3. The molecular formula is C11H24NO+. The highest BCUT2D eigenvalue weighted by atomic mass is 16.5. The van der Waals surface area contributed by atoms with E-state index in [-0.39, 0.29) is 0 Å². The van der Waals surface area contributed by atoms with Crippen LogP contribution in [0.15, 0.2) is 12.2 Å². The maximum atomic E-state index is 5.14. The van der Waals surface area contributed by atoms with Crippen LogP contribution in [0.4, 0.5) is 0 Å². The Kier molecular flexibility index (Phi) is 6.00. The van der Waals surface area contributed by atoms with Crippen LogP contribution in [0.1, 0.15) is 20.8 Å². The van der Waals surface area contributed by atoms with E-state index in [1.165, 1.54) is 5.57 Å². The largest absolute Gasteiger partial charge is 0.379 e. The number of ether oxygens (including phenoxy) is 1. The van der Waals surface area contributed by atoms with Crippen molar-refractivity contribution in [3.05, 3.63) is 12.2 Å². The van der Waals surface area contributed by atoms with E-state index in [4.69, 9.17) is 4.74 Å². The number of rotatable bonds is 7. The molecule has 13 heavy (non-hydrogen) atoms. The summed E-state index contributed by atoms with van der Waals surface area (Å²) < 4.78 is 6.24. The number of likely N-dealkylation sites (N-methyl/N-ethyl adjacent to an activating group) is 1. The van der Waals surface area contributed by atoms with Crippen molar-refractivity contribution in [2.24, 2.45) is 0 Å². The lowest BCUT2D eigenvalue weighted by Crippen LogP contribution is -2.50. The fraction of sp³-hybridized carbons (Fsp3) is 0.818. The third kappa shape index (κ3) is 4.44. The summed E-state index contributed by atoms with van der Waals surface area (Å²) in [5.41, 5.74) is 1.26. The zero-order valence-electron chi connectivity index (χ0n) is 9.60. The Morgan fingerprint density at radius 3 is 2.15 bits per heavy atom. The molecule has 0 unspecified atom stereocenters. The highest BCUT2D eigenvalue weighted by molar-refractivity contribution is 4.87. The van der Waals surface area contributed by atoms with Crippen LogP contribution in [0.5, 0.6) is 0 Å². The lowest BCUT2D eigenvalue weighted by molar-refractivity contribution is -0.920. The van der Waals surface area contributed by atoms with E-state index in [0.717, 1.165) is 37.3 Å². The first-order chi connectivity index (χ1) is 6.10. The fourth-order valence-electron chi connectivity index (χ4n) is 1.70. The highest BCUT2D eigenvalue weighted by Crippen LogP contribution is 2.09. The molecule has 0 aromatic heterocycles. The topological polar surface area (TPSA) is 9.23 Å². The summed E-state index contributed by atoms with van der Waals surface area (Å²) in [6.45, 7) is 15.9. The molecule has 0 fully saturated rings. The average Bonchev–Trinajstić information content (AvgIpc) is 2.12. The second kappa shape index (κ2) is 6.17. The Morgan fingerprint density at radius 2 is 1.85 bits per heavy atom. The molecule has 0 radical (unpaired) electrons. The lowest BCUT2D eigenvalue weighted by Gasteiger charge is -2.36. The molecular weight excluding hydrogens is 162 g/mol. The third-order valence-corrected chi connectivity index (χ3v) is 2.72. The standard InChI is InChI=1S/C11H24NO/c1-6-12(7-2,8-9-13-5)10-11(3)4/h3,6-10H2,1-2,4-5H3/q+1. The Labute approximate surface area is 82.8 Å². The molecule has 0 spiro atoms. The molecule has 0 bridgehead atoms. The Bertz CT molecular complexity index is 150. The molecule has 2 heteroatoms. The van der Waals surface area contributed by atoms with Crippen LogP contribution in [0.2, 0.25) is 0 Å². The molecule has 0 aliphatic rings. The van der Waals surface area contributed by atoms with Gasteiger partial charge in [0, 0.05) is 7.11 Å². The minimum absolute atomic E-state index is 0.842. The number of methoxy groups -OCH3 is 1. The van der Waals surface area contributed by atoms with Crippen molar-refractivity contribution in [1.29, 1.82) is 0 Å². The number of hydrogen-bond donors (Lipinski definition) is 0. The second-order valence-corrected chi connectivity index (χ2v) is 3.81. The van der Waals surface area contributed by atoms with Crippen molar-refractivity contribution in [1.82, 2.24) is 0 Å². The van der Waals surface area contributed by atoms with E-state index in [2.05, 4.69) is 27.4 Å². The highest BCUT2D eigenvalue weighted by Gasteiger charge is 2.22. The summed E-state index contributed by atoms with van der Waals surface area (Å²) in [6, 6.07) is 0. The Hall–Kier alpha value is -0.340. The molecule has 0 aromatic rings. The van der Waals surface area contributed by atoms with Gasteiger partial charge >= 0.3 is 0 Å². The van der Waals surface area contributed by atoms with Crippen molar-refractivity contribution < 1.29 is 9.22 Å².